The van der Waals surface area contributed by atoms with Crippen molar-refractivity contribution in [1.29, 1.82) is 0 Å². The fraction of sp³-hybridized carbons (Fsp3) is 0.333. The summed E-state index contributed by atoms with van der Waals surface area (Å²) in [6.07, 6.45) is 2.98. The number of carbonyl (C=O) groups is 4. The van der Waals surface area contributed by atoms with Crippen LogP contribution in [0.15, 0.2) is 30.6 Å². The molecule has 3 amide bonds. The van der Waals surface area contributed by atoms with E-state index in [-0.39, 0.29) is 23.4 Å². The summed E-state index contributed by atoms with van der Waals surface area (Å²) in [6.45, 7) is 3.63. The second-order valence-corrected chi connectivity index (χ2v) is 7.16. The summed E-state index contributed by atoms with van der Waals surface area (Å²) in [5.41, 5.74) is -0.251. The van der Waals surface area contributed by atoms with Crippen LogP contribution < -0.4 is 10.1 Å². The molecule has 32 heavy (non-hydrogen) atoms. The van der Waals surface area contributed by atoms with E-state index >= 15 is 0 Å². The quantitative estimate of drug-likeness (QED) is 0.612. The van der Waals surface area contributed by atoms with Gasteiger partial charge in [0.2, 0.25) is 6.41 Å². The molecule has 0 aliphatic heterocycles. The van der Waals surface area contributed by atoms with Gasteiger partial charge in [0.25, 0.3) is 11.8 Å². The Bertz CT molecular complexity index is 975. The third-order valence-corrected chi connectivity index (χ3v) is 3.57. The summed E-state index contributed by atoms with van der Waals surface area (Å²) in [7, 11) is 6.59. The monoisotopic (exact) mass is 445 g/mol. The predicted molar refractivity (Wildman–Crippen MR) is 117 cm³/mol. The minimum Gasteiger partial charge on any atom is -0.489 e. The highest BCUT2D eigenvalue weighted by Crippen LogP contribution is 2.28. The Labute approximate surface area is 186 Å². The van der Waals surface area contributed by atoms with E-state index in [4.69, 9.17) is 4.74 Å². The number of nitrogens with zero attached hydrogens (tertiary/aromatic N) is 4. The van der Waals surface area contributed by atoms with Crippen molar-refractivity contribution in [1.82, 2.24) is 19.8 Å². The molecule has 1 heterocycles. The summed E-state index contributed by atoms with van der Waals surface area (Å²) in [4.78, 5) is 55.8. The molecule has 0 saturated carbocycles. The van der Waals surface area contributed by atoms with Gasteiger partial charge < -0.3 is 25.0 Å². The first-order chi connectivity index (χ1) is 15.0. The molecule has 0 saturated heterocycles. The van der Waals surface area contributed by atoms with Gasteiger partial charge in [-0.3, -0.25) is 14.4 Å². The number of aromatic nitrogens is 2. The van der Waals surface area contributed by atoms with Gasteiger partial charge in [-0.2, -0.15) is 0 Å². The first kappa shape index (κ1) is 26.0. The molecule has 2 rings (SSSR count). The van der Waals surface area contributed by atoms with Crippen LogP contribution in [-0.4, -0.2) is 83.4 Å². The highest BCUT2D eigenvalue weighted by Gasteiger charge is 2.21. The van der Waals surface area contributed by atoms with Gasteiger partial charge in [0.1, 0.15) is 5.75 Å². The highest BCUT2D eigenvalue weighted by atomic mass is 16.5. The van der Waals surface area contributed by atoms with E-state index in [9.17, 15) is 24.3 Å². The molecule has 0 unspecified atom stereocenters. The van der Waals surface area contributed by atoms with E-state index in [2.05, 4.69) is 15.3 Å². The van der Waals surface area contributed by atoms with E-state index in [1.165, 1.54) is 28.3 Å². The molecule has 2 N–H and O–H groups in total. The third kappa shape index (κ3) is 7.67. The zero-order valence-corrected chi connectivity index (χ0v) is 18.8. The first-order valence-corrected chi connectivity index (χ1v) is 9.47. The SMILES string of the molecule is CC(C)Oc1ccc(C(=O)N(C)C)cc1NC(=O)c1nccnc1C(=O)O.CN(C)C=O. The zero-order chi connectivity index (χ0) is 24.4. The largest absolute Gasteiger partial charge is 0.489 e. The van der Waals surface area contributed by atoms with E-state index in [0.29, 0.717) is 11.3 Å². The van der Waals surface area contributed by atoms with Crippen molar-refractivity contribution in [3.8, 4) is 5.75 Å². The molecular formula is C21H27N5O6. The van der Waals surface area contributed by atoms with Gasteiger partial charge in [0.15, 0.2) is 11.4 Å². The van der Waals surface area contributed by atoms with Crippen LogP contribution in [0.25, 0.3) is 0 Å². The third-order valence-electron chi connectivity index (χ3n) is 3.57. The lowest BCUT2D eigenvalue weighted by Crippen LogP contribution is -2.23. The molecule has 1 aromatic carbocycles. The summed E-state index contributed by atoms with van der Waals surface area (Å²) in [6, 6.07) is 4.62. The lowest BCUT2D eigenvalue weighted by atomic mass is 10.1. The predicted octanol–water partition coefficient (Wildman–Crippen LogP) is 1.62. The first-order valence-electron chi connectivity index (χ1n) is 9.47. The number of hydrogen-bond donors (Lipinski definition) is 2. The van der Waals surface area contributed by atoms with Gasteiger partial charge in [-0.25, -0.2) is 14.8 Å². The molecule has 0 bridgehead atoms. The Morgan fingerprint density at radius 3 is 2.09 bits per heavy atom. The number of aromatic carboxylic acids is 1. The summed E-state index contributed by atoms with van der Waals surface area (Å²) in [5, 5.41) is 11.7. The second kappa shape index (κ2) is 12.0. The number of anilines is 1. The minimum atomic E-state index is -1.37. The molecule has 11 heteroatoms. The van der Waals surface area contributed by atoms with E-state index in [1.807, 2.05) is 13.8 Å². The Balaban J connectivity index is 0.000000920. The van der Waals surface area contributed by atoms with Crippen molar-refractivity contribution in [2.75, 3.05) is 33.5 Å². The van der Waals surface area contributed by atoms with E-state index in [1.54, 1.807) is 40.3 Å². The van der Waals surface area contributed by atoms with Gasteiger partial charge in [0, 0.05) is 46.1 Å². The van der Waals surface area contributed by atoms with Crippen LogP contribution in [0.5, 0.6) is 5.75 Å². The number of amides is 3. The molecule has 0 atom stereocenters. The summed E-state index contributed by atoms with van der Waals surface area (Å²) < 4.78 is 5.66. The van der Waals surface area contributed by atoms with Crippen molar-refractivity contribution >= 4 is 29.9 Å². The Morgan fingerprint density at radius 2 is 1.62 bits per heavy atom. The average Bonchev–Trinajstić information content (AvgIpc) is 2.74. The zero-order valence-electron chi connectivity index (χ0n) is 18.8. The van der Waals surface area contributed by atoms with E-state index in [0.717, 1.165) is 6.41 Å². The standard InChI is InChI=1S/C18H20N4O5.C3H7NO/c1-10(2)27-13-6-5-11(17(24)22(3)4)9-12(13)21-16(23)14-15(18(25)26)20-8-7-19-14;1-4(2)3-5/h5-10H,1-4H3,(H,21,23)(H,25,26);3H,1-2H3. The number of carboxylic acid groups (broad SMARTS) is 1. The maximum absolute atomic E-state index is 12.6. The average molecular weight is 445 g/mol. The van der Waals surface area contributed by atoms with Crippen LogP contribution in [0.1, 0.15) is 45.2 Å². The summed E-state index contributed by atoms with van der Waals surface area (Å²) in [5.74, 6) is -2.06. The Hall–Kier alpha value is -4.02. The van der Waals surface area contributed by atoms with Gasteiger partial charge in [0.05, 0.1) is 11.8 Å². The smallest absolute Gasteiger partial charge is 0.356 e. The fourth-order valence-corrected chi connectivity index (χ4v) is 2.22. The molecule has 0 aliphatic carbocycles. The van der Waals surface area contributed by atoms with Crippen molar-refractivity contribution in [2.24, 2.45) is 0 Å². The van der Waals surface area contributed by atoms with Crippen molar-refractivity contribution in [3.63, 3.8) is 0 Å². The van der Waals surface area contributed by atoms with Crippen LogP contribution in [0.3, 0.4) is 0 Å². The van der Waals surface area contributed by atoms with Crippen molar-refractivity contribution < 1.29 is 29.0 Å². The van der Waals surface area contributed by atoms with Gasteiger partial charge in [-0.1, -0.05) is 0 Å². The van der Waals surface area contributed by atoms with Crippen LogP contribution in [-0.2, 0) is 4.79 Å². The maximum Gasteiger partial charge on any atom is 0.356 e. The lowest BCUT2D eigenvalue weighted by Gasteiger charge is -2.17. The maximum atomic E-state index is 12.6. The Kier molecular flexibility index (Phi) is 9.74. The second-order valence-electron chi connectivity index (χ2n) is 7.16. The molecule has 11 nitrogen and oxygen atoms in total. The molecule has 172 valence electrons. The normalized spacial score (nSPS) is 9.84. The number of carbonyl (C=O) groups excluding carboxylic acids is 3. The highest BCUT2D eigenvalue weighted by molar-refractivity contribution is 6.09. The Morgan fingerprint density at radius 1 is 1.06 bits per heavy atom. The number of ether oxygens (including phenoxy) is 1. The van der Waals surface area contributed by atoms with Crippen LogP contribution >= 0.6 is 0 Å². The van der Waals surface area contributed by atoms with Gasteiger partial charge in [-0.05, 0) is 32.0 Å². The van der Waals surface area contributed by atoms with Crippen LogP contribution in [0, 0.1) is 0 Å². The number of benzene rings is 1. The van der Waals surface area contributed by atoms with Gasteiger partial charge in [-0.15, -0.1) is 0 Å². The number of rotatable bonds is 7. The molecule has 0 radical (unpaired) electrons. The van der Waals surface area contributed by atoms with Crippen molar-refractivity contribution in [2.45, 2.75) is 20.0 Å². The lowest BCUT2D eigenvalue weighted by molar-refractivity contribution is -0.115. The molecule has 1 aromatic heterocycles. The topological polar surface area (TPSA) is 142 Å². The van der Waals surface area contributed by atoms with Crippen LogP contribution in [0.4, 0.5) is 5.69 Å². The molecule has 2 aromatic rings. The number of hydrogen-bond acceptors (Lipinski definition) is 7. The molecular weight excluding hydrogens is 418 g/mol. The number of carboxylic acids is 1. The van der Waals surface area contributed by atoms with E-state index < -0.39 is 17.6 Å². The molecule has 0 spiro atoms. The van der Waals surface area contributed by atoms with Crippen LogP contribution in [0.2, 0.25) is 0 Å². The fourth-order valence-electron chi connectivity index (χ4n) is 2.22. The molecule has 0 aliphatic rings. The molecule has 0 fully saturated rings. The van der Waals surface area contributed by atoms with Crippen molar-refractivity contribution in [3.05, 3.63) is 47.5 Å². The number of nitrogens with one attached hydrogen (secondary N) is 1. The summed E-state index contributed by atoms with van der Waals surface area (Å²) >= 11 is 0. The van der Waals surface area contributed by atoms with Gasteiger partial charge >= 0.3 is 5.97 Å². The minimum absolute atomic E-state index is 0.179.